The van der Waals surface area contributed by atoms with Gasteiger partial charge in [-0.25, -0.2) is 14.4 Å². The van der Waals surface area contributed by atoms with E-state index in [1.165, 1.54) is 0 Å². The lowest BCUT2D eigenvalue weighted by molar-refractivity contribution is -0.384. The van der Waals surface area contributed by atoms with Gasteiger partial charge in [0.2, 0.25) is 5.91 Å². The molecule has 1 fully saturated rings. The molecule has 3 atom stereocenters. The smallest absolute Gasteiger partial charge is 0.408 e. The van der Waals surface area contributed by atoms with Crippen molar-refractivity contribution in [2.45, 2.75) is 57.3 Å². The van der Waals surface area contributed by atoms with Crippen LogP contribution in [0.5, 0.6) is 0 Å². The lowest BCUT2D eigenvalue weighted by Crippen LogP contribution is -2.72. The fourth-order valence-corrected chi connectivity index (χ4v) is 4.80. The normalized spacial score (nSPS) is 18.7. The van der Waals surface area contributed by atoms with Crippen LogP contribution < -0.4 is 10.6 Å². The molecule has 13 nitrogen and oxygen atoms in total. The van der Waals surface area contributed by atoms with Gasteiger partial charge in [-0.05, 0) is 51.3 Å². The molecular weight excluding hydrogens is 572 g/mol. The van der Waals surface area contributed by atoms with E-state index in [-0.39, 0.29) is 28.4 Å². The molecule has 0 bridgehead atoms. The zero-order valence-electron chi connectivity index (χ0n) is 22.8. The van der Waals surface area contributed by atoms with Crippen LogP contribution in [-0.4, -0.2) is 57.4 Å². The van der Waals surface area contributed by atoms with E-state index in [2.05, 4.69) is 10.6 Å². The summed E-state index contributed by atoms with van der Waals surface area (Å²) in [5.74, 6) is -3.61. The van der Waals surface area contributed by atoms with Gasteiger partial charge in [0.1, 0.15) is 23.4 Å². The fourth-order valence-electron chi connectivity index (χ4n) is 4.53. The Labute approximate surface area is 244 Å². The molecule has 1 saturated heterocycles. The molecular formula is C28H27ClN4O9. The Morgan fingerprint density at radius 1 is 1.05 bits per heavy atom. The molecule has 2 aliphatic rings. The summed E-state index contributed by atoms with van der Waals surface area (Å²) >= 11 is 6.27. The van der Waals surface area contributed by atoms with E-state index in [1.807, 2.05) is 0 Å². The van der Waals surface area contributed by atoms with Crippen molar-refractivity contribution in [2.75, 3.05) is 0 Å². The van der Waals surface area contributed by atoms with Gasteiger partial charge in [0.15, 0.2) is 0 Å². The molecule has 4 rings (SSSR count). The van der Waals surface area contributed by atoms with Crippen LogP contribution in [0.2, 0.25) is 0 Å². The molecule has 0 aliphatic carbocycles. The number of rotatable bonds is 7. The van der Waals surface area contributed by atoms with Gasteiger partial charge in [-0.15, -0.1) is 0 Å². The number of benzene rings is 2. The molecule has 220 valence electrons. The number of ether oxygens (including phenoxy) is 2. The van der Waals surface area contributed by atoms with Gasteiger partial charge >= 0.3 is 18.0 Å². The SMILES string of the molecule is CC(C)(C)OC(=O)NC(C(=O)N[C@@H]1C(=O)N2C(C(=O)OC(=O)c3ccc([N+](=O)[O-])cc3)=C(Cl)CC[C@H]12)c1ccccc1. The van der Waals surface area contributed by atoms with Crippen LogP contribution in [0.1, 0.15) is 55.6 Å². The monoisotopic (exact) mass is 598 g/mol. The van der Waals surface area contributed by atoms with Crippen molar-refractivity contribution in [3.8, 4) is 0 Å². The van der Waals surface area contributed by atoms with E-state index in [1.54, 1.807) is 51.1 Å². The van der Waals surface area contributed by atoms with Crippen molar-refractivity contribution in [1.29, 1.82) is 0 Å². The minimum absolute atomic E-state index is 0.000342. The number of alkyl carbamates (subject to hydrolysis) is 1. The number of nitrogens with zero attached hydrogens (tertiary/aromatic N) is 2. The minimum atomic E-state index is -1.19. The number of β-lactam (4-membered cyclic amide) rings is 1. The summed E-state index contributed by atoms with van der Waals surface area (Å²) in [7, 11) is 0. The van der Waals surface area contributed by atoms with E-state index < -0.39 is 58.5 Å². The number of carbonyl (C=O) groups excluding carboxylic acids is 5. The molecule has 1 unspecified atom stereocenters. The molecule has 0 radical (unpaired) electrons. The first kappa shape index (κ1) is 30.2. The number of nitro benzene ring substituents is 1. The van der Waals surface area contributed by atoms with Crippen LogP contribution in [0, 0.1) is 10.1 Å². The Kier molecular flexibility index (Phi) is 8.62. The molecule has 0 aromatic heterocycles. The first-order chi connectivity index (χ1) is 19.8. The first-order valence-corrected chi connectivity index (χ1v) is 13.2. The van der Waals surface area contributed by atoms with E-state index in [9.17, 15) is 34.1 Å². The van der Waals surface area contributed by atoms with Gasteiger partial charge in [0, 0.05) is 17.2 Å². The van der Waals surface area contributed by atoms with Crippen LogP contribution >= 0.6 is 11.6 Å². The fraction of sp³-hybridized carbons (Fsp3) is 0.321. The molecule has 14 heteroatoms. The zero-order valence-corrected chi connectivity index (χ0v) is 23.5. The highest BCUT2D eigenvalue weighted by Gasteiger charge is 2.54. The maximum Gasteiger partial charge on any atom is 0.408 e. The van der Waals surface area contributed by atoms with Crippen molar-refractivity contribution in [3.63, 3.8) is 0 Å². The Morgan fingerprint density at radius 3 is 2.29 bits per heavy atom. The molecule has 2 aromatic carbocycles. The molecule has 2 aliphatic heterocycles. The highest BCUT2D eigenvalue weighted by atomic mass is 35.5. The lowest BCUT2D eigenvalue weighted by atomic mass is 9.86. The van der Waals surface area contributed by atoms with Crippen LogP contribution in [0.3, 0.4) is 0 Å². The minimum Gasteiger partial charge on any atom is -0.444 e. The summed E-state index contributed by atoms with van der Waals surface area (Å²) in [4.78, 5) is 75.7. The van der Waals surface area contributed by atoms with Gasteiger partial charge < -0.3 is 20.1 Å². The number of hydrogen-bond donors (Lipinski definition) is 2. The molecule has 0 saturated carbocycles. The number of nitrogens with one attached hydrogen (secondary N) is 2. The quantitative estimate of drug-likeness (QED) is 0.159. The van der Waals surface area contributed by atoms with E-state index in [4.69, 9.17) is 21.1 Å². The second-order valence-electron chi connectivity index (χ2n) is 10.5. The molecule has 0 spiro atoms. The lowest BCUT2D eigenvalue weighted by Gasteiger charge is -2.50. The van der Waals surface area contributed by atoms with Gasteiger partial charge in [-0.2, -0.15) is 0 Å². The van der Waals surface area contributed by atoms with Crippen LogP contribution in [-0.2, 0) is 23.9 Å². The summed E-state index contributed by atoms with van der Waals surface area (Å²) in [6.07, 6.45) is -0.363. The Bertz CT molecular complexity index is 1470. The Hall–Kier alpha value is -4.78. The molecule has 2 N–H and O–H groups in total. The second-order valence-corrected chi connectivity index (χ2v) is 11.0. The number of halogens is 1. The topological polar surface area (TPSA) is 174 Å². The van der Waals surface area contributed by atoms with Crippen molar-refractivity contribution >= 4 is 47.1 Å². The number of hydrogen-bond acceptors (Lipinski definition) is 9. The summed E-state index contributed by atoms with van der Waals surface area (Å²) in [5, 5.41) is 16.0. The predicted octanol–water partition coefficient (Wildman–Crippen LogP) is 3.48. The number of amides is 3. The average Bonchev–Trinajstić information content (AvgIpc) is 2.93. The van der Waals surface area contributed by atoms with Crippen molar-refractivity contribution in [2.24, 2.45) is 0 Å². The largest absolute Gasteiger partial charge is 0.444 e. The van der Waals surface area contributed by atoms with Gasteiger partial charge in [0.05, 0.1) is 16.5 Å². The number of esters is 2. The van der Waals surface area contributed by atoms with Crippen molar-refractivity contribution in [1.82, 2.24) is 15.5 Å². The number of allylic oxidation sites excluding steroid dienone is 1. The maximum atomic E-state index is 13.3. The van der Waals surface area contributed by atoms with E-state index >= 15 is 0 Å². The third-order valence-corrected chi connectivity index (χ3v) is 6.79. The molecule has 42 heavy (non-hydrogen) atoms. The zero-order chi connectivity index (χ0) is 30.8. The molecule has 2 aromatic rings. The first-order valence-electron chi connectivity index (χ1n) is 12.8. The summed E-state index contributed by atoms with van der Waals surface area (Å²) in [5.41, 5.74) is -1.07. The highest BCUT2D eigenvalue weighted by Crippen LogP contribution is 2.39. The number of fused-ring (bicyclic) bond motifs is 1. The maximum absolute atomic E-state index is 13.3. The standard InChI is InChI=1S/C28H27ClN4O9/c1-28(2,3)42-27(38)31-20(15-7-5-4-6-8-15)23(34)30-21-19-14-13-18(29)22(32(19)24(21)35)26(37)41-25(36)16-9-11-17(12-10-16)33(39)40/h4-12,19-21H,13-14H2,1-3H3,(H,30,34)(H,31,38)/t19-,20?,21+/m1/s1. The van der Waals surface area contributed by atoms with Crippen LogP contribution in [0.15, 0.2) is 65.3 Å². The van der Waals surface area contributed by atoms with E-state index in [0.717, 1.165) is 29.2 Å². The van der Waals surface area contributed by atoms with Gasteiger partial charge in [-0.1, -0.05) is 41.9 Å². The van der Waals surface area contributed by atoms with Gasteiger partial charge in [-0.3, -0.25) is 24.6 Å². The highest BCUT2D eigenvalue weighted by molar-refractivity contribution is 6.32. The predicted molar refractivity (Wildman–Crippen MR) is 147 cm³/mol. The Morgan fingerprint density at radius 2 is 1.69 bits per heavy atom. The Balaban J connectivity index is 1.46. The third kappa shape index (κ3) is 6.57. The van der Waals surface area contributed by atoms with Gasteiger partial charge in [0.25, 0.3) is 11.6 Å². The molecule has 3 amide bonds. The van der Waals surface area contributed by atoms with E-state index in [0.29, 0.717) is 12.0 Å². The van der Waals surface area contributed by atoms with Crippen LogP contribution in [0.4, 0.5) is 10.5 Å². The second kappa shape index (κ2) is 12.0. The number of carbonyl (C=O) groups is 5. The molecule has 2 heterocycles. The summed E-state index contributed by atoms with van der Waals surface area (Å²) < 4.78 is 10.2. The van der Waals surface area contributed by atoms with Crippen molar-refractivity contribution < 1.29 is 38.4 Å². The van der Waals surface area contributed by atoms with Crippen LogP contribution in [0.25, 0.3) is 0 Å². The summed E-state index contributed by atoms with van der Waals surface area (Å²) in [6.45, 7) is 5.03. The number of non-ortho nitro benzene ring substituents is 1. The number of nitro groups is 1. The average molecular weight is 599 g/mol. The summed E-state index contributed by atoms with van der Waals surface area (Å²) in [6, 6.07) is 9.90. The third-order valence-electron chi connectivity index (χ3n) is 6.42. The van der Waals surface area contributed by atoms with Crippen molar-refractivity contribution in [3.05, 3.63) is 86.6 Å².